The Bertz CT molecular complexity index is 290. The van der Waals surface area contributed by atoms with E-state index in [2.05, 4.69) is 26.1 Å². The zero-order chi connectivity index (χ0) is 13.1. The summed E-state index contributed by atoms with van der Waals surface area (Å²) in [5.41, 5.74) is 0. The van der Waals surface area contributed by atoms with Crippen molar-refractivity contribution in [1.29, 1.82) is 0 Å². The second-order valence-corrected chi connectivity index (χ2v) is 5.37. The molecule has 2 aliphatic heterocycles. The van der Waals surface area contributed by atoms with E-state index in [1.165, 1.54) is 0 Å². The van der Waals surface area contributed by atoms with E-state index in [0.717, 1.165) is 6.42 Å². The van der Waals surface area contributed by atoms with Crippen molar-refractivity contribution < 1.29 is 14.3 Å². The van der Waals surface area contributed by atoms with Gasteiger partial charge in [0.25, 0.3) is 0 Å². The van der Waals surface area contributed by atoms with Crippen LogP contribution in [0.2, 0.25) is 0 Å². The smallest absolute Gasteiger partial charge is 0.241 e. The van der Waals surface area contributed by atoms with Crippen LogP contribution in [-0.4, -0.2) is 55.5 Å². The Morgan fingerprint density at radius 1 is 1.44 bits per heavy atom. The van der Waals surface area contributed by atoms with E-state index in [1.54, 1.807) is 0 Å². The molecule has 5 nitrogen and oxygen atoms in total. The van der Waals surface area contributed by atoms with E-state index in [4.69, 9.17) is 9.47 Å². The van der Waals surface area contributed by atoms with Crippen molar-refractivity contribution >= 4 is 5.91 Å². The molecule has 2 rings (SSSR count). The monoisotopic (exact) mass is 256 g/mol. The summed E-state index contributed by atoms with van der Waals surface area (Å²) in [6.07, 6.45) is 1.07. The molecule has 0 aromatic heterocycles. The molecule has 0 aromatic carbocycles. The fourth-order valence-corrected chi connectivity index (χ4v) is 2.60. The Labute approximate surface area is 109 Å². The largest absolute Gasteiger partial charge is 0.376 e. The third-order valence-corrected chi connectivity index (χ3v) is 3.64. The van der Waals surface area contributed by atoms with Gasteiger partial charge in [-0.3, -0.25) is 10.1 Å². The molecule has 0 spiro atoms. The zero-order valence-corrected chi connectivity index (χ0v) is 11.5. The van der Waals surface area contributed by atoms with Crippen LogP contribution in [0, 0.1) is 5.92 Å². The lowest BCUT2D eigenvalue weighted by Crippen LogP contribution is -2.45. The summed E-state index contributed by atoms with van der Waals surface area (Å²) in [6, 6.07) is -0.0561. The second-order valence-electron chi connectivity index (χ2n) is 5.37. The van der Waals surface area contributed by atoms with Crippen molar-refractivity contribution in [2.75, 3.05) is 26.4 Å². The maximum Gasteiger partial charge on any atom is 0.241 e. The summed E-state index contributed by atoms with van der Waals surface area (Å²) >= 11 is 0. The van der Waals surface area contributed by atoms with Crippen LogP contribution in [0.15, 0.2) is 0 Å². The summed E-state index contributed by atoms with van der Waals surface area (Å²) in [5.74, 6) is 0.520. The van der Waals surface area contributed by atoms with Gasteiger partial charge in [0, 0.05) is 0 Å². The predicted molar refractivity (Wildman–Crippen MR) is 68.1 cm³/mol. The molecule has 2 saturated heterocycles. The first-order valence-corrected chi connectivity index (χ1v) is 6.89. The Kier molecular flexibility index (Phi) is 4.59. The molecule has 0 bridgehead atoms. The summed E-state index contributed by atoms with van der Waals surface area (Å²) in [6.45, 7) is 8.76. The van der Waals surface area contributed by atoms with Gasteiger partial charge < -0.3 is 14.4 Å². The van der Waals surface area contributed by atoms with Gasteiger partial charge in [-0.15, -0.1) is 0 Å². The molecule has 2 heterocycles. The quantitative estimate of drug-likeness (QED) is 0.800. The SMILES string of the molecule is CCC1NC(C(C)C)C(=O)N1CC1COCCO1. The van der Waals surface area contributed by atoms with E-state index in [1.807, 2.05) is 4.90 Å². The Balaban J connectivity index is 1.98. The van der Waals surface area contributed by atoms with Gasteiger partial charge in [0.05, 0.1) is 44.7 Å². The summed E-state index contributed by atoms with van der Waals surface area (Å²) < 4.78 is 11.0. The first-order valence-electron chi connectivity index (χ1n) is 6.89. The van der Waals surface area contributed by atoms with Crippen molar-refractivity contribution in [3.05, 3.63) is 0 Å². The minimum absolute atomic E-state index is 0.0180. The summed E-state index contributed by atoms with van der Waals surface area (Å²) in [5, 5.41) is 3.41. The fourth-order valence-electron chi connectivity index (χ4n) is 2.60. The molecule has 3 unspecified atom stereocenters. The topological polar surface area (TPSA) is 50.8 Å². The zero-order valence-electron chi connectivity index (χ0n) is 11.5. The first kappa shape index (κ1) is 13.8. The molecule has 0 saturated carbocycles. The number of amides is 1. The molecular formula is C13H24N2O3. The van der Waals surface area contributed by atoms with E-state index >= 15 is 0 Å². The molecule has 0 radical (unpaired) electrons. The van der Waals surface area contributed by atoms with Crippen molar-refractivity contribution in [3.63, 3.8) is 0 Å². The lowest BCUT2D eigenvalue weighted by molar-refractivity contribution is -0.137. The van der Waals surface area contributed by atoms with Crippen LogP contribution in [-0.2, 0) is 14.3 Å². The van der Waals surface area contributed by atoms with E-state index in [9.17, 15) is 4.79 Å². The highest BCUT2D eigenvalue weighted by atomic mass is 16.6. The molecule has 18 heavy (non-hydrogen) atoms. The number of carbonyl (C=O) groups is 1. The fraction of sp³-hybridized carbons (Fsp3) is 0.923. The van der Waals surface area contributed by atoms with Gasteiger partial charge in [-0.25, -0.2) is 0 Å². The average molecular weight is 256 g/mol. The van der Waals surface area contributed by atoms with E-state index in [-0.39, 0.29) is 24.2 Å². The first-order chi connectivity index (χ1) is 8.63. The van der Waals surface area contributed by atoms with Gasteiger partial charge in [-0.05, 0) is 12.3 Å². The number of hydrogen-bond donors (Lipinski definition) is 1. The lowest BCUT2D eigenvalue weighted by atomic mass is 10.1. The van der Waals surface area contributed by atoms with Gasteiger partial charge in [0.15, 0.2) is 0 Å². The molecule has 2 aliphatic rings. The van der Waals surface area contributed by atoms with E-state index < -0.39 is 0 Å². The van der Waals surface area contributed by atoms with Crippen LogP contribution in [0.4, 0.5) is 0 Å². The van der Waals surface area contributed by atoms with Gasteiger partial charge in [0.2, 0.25) is 5.91 Å². The maximum absolute atomic E-state index is 12.4. The third-order valence-electron chi connectivity index (χ3n) is 3.64. The second kappa shape index (κ2) is 5.99. The van der Waals surface area contributed by atoms with Crippen LogP contribution in [0.3, 0.4) is 0 Å². The van der Waals surface area contributed by atoms with Crippen molar-refractivity contribution in [2.45, 2.75) is 45.5 Å². The summed E-state index contributed by atoms with van der Waals surface area (Å²) in [7, 11) is 0. The molecular weight excluding hydrogens is 232 g/mol. The Morgan fingerprint density at radius 2 is 2.22 bits per heavy atom. The van der Waals surface area contributed by atoms with E-state index in [0.29, 0.717) is 32.3 Å². The molecule has 1 amide bonds. The molecule has 104 valence electrons. The summed E-state index contributed by atoms with van der Waals surface area (Å²) in [4.78, 5) is 14.3. The number of rotatable bonds is 4. The molecule has 5 heteroatoms. The minimum atomic E-state index is -0.0561. The van der Waals surface area contributed by atoms with Crippen molar-refractivity contribution in [2.24, 2.45) is 5.92 Å². The Morgan fingerprint density at radius 3 is 2.78 bits per heavy atom. The third kappa shape index (κ3) is 2.84. The van der Waals surface area contributed by atoms with Crippen LogP contribution in [0.1, 0.15) is 27.2 Å². The molecule has 2 fully saturated rings. The number of hydrogen-bond acceptors (Lipinski definition) is 4. The van der Waals surface area contributed by atoms with Crippen LogP contribution < -0.4 is 5.32 Å². The minimum Gasteiger partial charge on any atom is -0.376 e. The normalized spacial score (nSPS) is 33.4. The van der Waals surface area contributed by atoms with Gasteiger partial charge in [-0.2, -0.15) is 0 Å². The van der Waals surface area contributed by atoms with Crippen LogP contribution >= 0.6 is 0 Å². The highest BCUT2D eigenvalue weighted by Crippen LogP contribution is 2.20. The highest BCUT2D eigenvalue weighted by molar-refractivity contribution is 5.84. The Hall–Kier alpha value is -0.650. The van der Waals surface area contributed by atoms with Crippen molar-refractivity contribution in [3.8, 4) is 0 Å². The number of nitrogens with one attached hydrogen (secondary N) is 1. The van der Waals surface area contributed by atoms with Crippen molar-refractivity contribution in [1.82, 2.24) is 10.2 Å². The lowest BCUT2D eigenvalue weighted by Gasteiger charge is -2.30. The predicted octanol–water partition coefficient (Wildman–Crippen LogP) is 0.594. The number of nitrogens with zero attached hydrogens (tertiary/aromatic N) is 1. The molecule has 0 aromatic rings. The van der Waals surface area contributed by atoms with Crippen LogP contribution in [0.5, 0.6) is 0 Å². The van der Waals surface area contributed by atoms with Crippen LogP contribution in [0.25, 0.3) is 0 Å². The molecule has 3 atom stereocenters. The number of ether oxygens (including phenoxy) is 2. The molecule has 0 aliphatic carbocycles. The van der Waals surface area contributed by atoms with Gasteiger partial charge in [-0.1, -0.05) is 20.8 Å². The number of carbonyl (C=O) groups excluding carboxylic acids is 1. The standard InChI is InChI=1S/C13H24N2O3/c1-4-11-14-12(9(2)3)13(16)15(11)7-10-8-17-5-6-18-10/h9-12,14H,4-8H2,1-3H3. The maximum atomic E-state index is 12.4. The van der Waals surface area contributed by atoms with Gasteiger partial charge in [0.1, 0.15) is 0 Å². The average Bonchev–Trinajstić information content (AvgIpc) is 2.68. The van der Waals surface area contributed by atoms with Gasteiger partial charge >= 0.3 is 0 Å². The molecule has 1 N–H and O–H groups in total. The highest BCUT2D eigenvalue weighted by Gasteiger charge is 2.40.